The minimum Gasteiger partial charge on any atom is -0.462 e. The summed E-state index contributed by atoms with van der Waals surface area (Å²) in [5, 5.41) is 0. The molecule has 6 heteroatoms. The highest BCUT2D eigenvalue weighted by Gasteiger charge is 2.19. The van der Waals surface area contributed by atoms with E-state index < -0.39 is 6.10 Å². The van der Waals surface area contributed by atoms with E-state index in [2.05, 4.69) is 34.6 Å². The Morgan fingerprint density at radius 3 is 0.803 bits per heavy atom. The molecular formula is C55H106O6. The van der Waals surface area contributed by atoms with Crippen molar-refractivity contribution in [3.63, 3.8) is 0 Å². The number of carbonyl (C=O) groups is 3. The Balaban J connectivity index is 4.26. The quantitative estimate of drug-likeness (QED) is 0.0344. The first-order chi connectivity index (χ1) is 29.7. The lowest BCUT2D eigenvalue weighted by Gasteiger charge is -2.18. The summed E-state index contributed by atoms with van der Waals surface area (Å²) in [6, 6.07) is 0. The van der Waals surface area contributed by atoms with E-state index in [1.165, 1.54) is 193 Å². The fourth-order valence-electron chi connectivity index (χ4n) is 8.34. The van der Waals surface area contributed by atoms with Gasteiger partial charge in [0, 0.05) is 19.3 Å². The third kappa shape index (κ3) is 49.3. The zero-order valence-electron chi connectivity index (χ0n) is 41.8. The van der Waals surface area contributed by atoms with Gasteiger partial charge >= 0.3 is 17.9 Å². The lowest BCUT2D eigenvalue weighted by atomic mass is 10.0. The van der Waals surface area contributed by atoms with E-state index in [-0.39, 0.29) is 31.1 Å². The van der Waals surface area contributed by atoms with E-state index in [4.69, 9.17) is 14.2 Å². The molecule has 1 atom stereocenters. The highest BCUT2D eigenvalue weighted by Crippen LogP contribution is 2.18. The molecule has 0 rings (SSSR count). The molecule has 362 valence electrons. The van der Waals surface area contributed by atoms with Gasteiger partial charge in [-0.1, -0.05) is 266 Å². The van der Waals surface area contributed by atoms with Crippen molar-refractivity contribution < 1.29 is 28.6 Å². The summed E-state index contributed by atoms with van der Waals surface area (Å²) in [5.41, 5.74) is 0. The summed E-state index contributed by atoms with van der Waals surface area (Å²) >= 11 is 0. The number of hydrogen-bond acceptors (Lipinski definition) is 6. The molecular weight excluding hydrogens is 757 g/mol. The third-order valence-corrected chi connectivity index (χ3v) is 12.5. The molecule has 0 fully saturated rings. The van der Waals surface area contributed by atoms with Gasteiger partial charge in [-0.15, -0.1) is 0 Å². The second-order valence-electron chi connectivity index (χ2n) is 19.8. The molecule has 0 saturated heterocycles. The fourth-order valence-corrected chi connectivity index (χ4v) is 8.34. The highest BCUT2D eigenvalue weighted by atomic mass is 16.6. The molecule has 0 aromatic carbocycles. The van der Waals surface area contributed by atoms with Gasteiger partial charge < -0.3 is 14.2 Å². The standard InChI is InChI=1S/C55H106O6/c1-6-7-8-9-10-11-12-13-14-15-16-17-18-21-24-30-35-40-45-53(56)59-48-52(61-55(58)47-42-37-32-27-26-29-34-39-44-51(4)5)49-60-54(57)46-41-36-31-25-22-19-20-23-28-33-38-43-50(2)3/h50-52H,6-49H2,1-5H3/t52-/m0/s1. The van der Waals surface area contributed by atoms with Crippen molar-refractivity contribution in [1.82, 2.24) is 0 Å². The second-order valence-corrected chi connectivity index (χ2v) is 19.8. The van der Waals surface area contributed by atoms with E-state index in [0.717, 1.165) is 69.6 Å². The van der Waals surface area contributed by atoms with Crippen molar-refractivity contribution in [1.29, 1.82) is 0 Å². The molecule has 6 nitrogen and oxygen atoms in total. The molecule has 0 heterocycles. The largest absolute Gasteiger partial charge is 0.462 e. The van der Waals surface area contributed by atoms with Crippen LogP contribution in [0.3, 0.4) is 0 Å². The number of ether oxygens (including phenoxy) is 3. The van der Waals surface area contributed by atoms with Crippen molar-refractivity contribution >= 4 is 17.9 Å². The molecule has 61 heavy (non-hydrogen) atoms. The van der Waals surface area contributed by atoms with Crippen molar-refractivity contribution in [2.45, 2.75) is 310 Å². The van der Waals surface area contributed by atoms with E-state index in [1.54, 1.807) is 0 Å². The number of carbonyl (C=O) groups excluding carboxylic acids is 3. The summed E-state index contributed by atoms with van der Waals surface area (Å²) in [5.74, 6) is 0.773. The summed E-state index contributed by atoms with van der Waals surface area (Å²) in [6.07, 6.45) is 49.6. The average Bonchev–Trinajstić information content (AvgIpc) is 3.23. The minimum absolute atomic E-state index is 0.0638. The van der Waals surface area contributed by atoms with Crippen molar-refractivity contribution in [3.05, 3.63) is 0 Å². The van der Waals surface area contributed by atoms with Crippen molar-refractivity contribution in [2.24, 2.45) is 11.8 Å². The fraction of sp³-hybridized carbons (Fsp3) is 0.945. The average molecular weight is 863 g/mol. The highest BCUT2D eigenvalue weighted by molar-refractivity contribution is 5.71. The Hall–Kier alpha value is -1.59. The maximum absolute atomic E-state index is 12.8. The lowest BCUT2D eigenvalue weighted by Crippen LogP contribution is -2.30. The zero-order valence-corrected chi connectivity index (χ0v) is 41.8. The van der Waals surface area contributed by atoms with E-state index in [9.17, 15) is 14.4 Å². The molecule has 0 aliphatic heterocycles. The number of hydrogen-bond donors (Lipinski definition) is 0. The van der Waals surface area contributed by atoms with Crippen LogP contribution in [0.2, 0.25) is 0 Å². The van der Waals surface area contributed by atoms with Crippen LogP contribution in [0.15, 0.2) is 0 Å². The van der Waals surface area contributed by atoms with Gasteiger partial charge in [0.1, 0.15) is 13.2 Å². The van der Waals surface area contributed by atoms with Gasteiger partial charge in [-0.2, -0.15) is 0 Å². The van der Waals surface area contributed by atoms with Gasteiger partial charge in [0.15, 0.2) is 6.10 Å². The Bertz CT molecular complexity index is 931. The summed E-state index contributed by atoms with van der Waals surface area (Å²) in [4.78, 5) is 38.0. The van der Waals surface area contributed by atoms with E-state index >= 15 is 0 Å². The van der Waals surface area contributed by atoms with Crippen LogP contribution in [0.4, 0.5) is 0 Å². The smallest absolute Gasteiger partial charge is 0.306 e. The second kappa shape index (κ2) is 47.9. The molecule has 0 spiro atoms. The van der Waals surface area contributed by atoms with E-state index in [1.807, 2.05) is 0 Å². The first-order valence-electron chi connectivity index (χ1n) is 27.2. The molecule has 0 aliphatic rings. The Morgan fingerprint density at radius 1 is 0.311 bits per heavy atom. The molecule has 0 N–H and O–H groups in total. The first-order valence-corrected chi connectivity index (χ1v) is 27.2. The SMILES string of the molecule is CCCCCCCCCCCCCCCCCCCCC(=O)OC[C@@H](COC(=O)CCCCCCCCCCCCCC(C)C)OC(=O)CCCCCCCCCCC(C)C. The molecule has 0 amide bonds. The van der Waals surface area contributed by atoms with Crippen LogP contribution >= 0.6 is 0 Å². The van der Waals surface area contributed by atoms with Crippen LogP contribution in [0.5, 0.6) is 0 Å². The molecule has 0 bridgehead atoms. The van der Waals surface area contributed by atoms with Crippen molar-refractivity contribution in [2.75, 3.05) is 13.2 Å². The predicted molar refractivity (Wildman–Crippen MR) is 261 cm³/mol. The summed E-state index contributed by atoms with van der Waals surface area (Å²) in [6.45, 7) is 11.3. The van der Waals surface area contributed by atoms with Gasteiger partial charge in [0.2, 0.25) is 0 Å². The topological polar surface area (TPSA) is 78.9 Å². The van der Waals surface area contributed by atoms with Gasteiger partial charge in [-0.3, -0.25) is 14.4 Å². The predicted octanol–water partition coefficient (Wildman–Crippen LogP) is 17.7. The van der Waals surface area contributed by atoms with Gasteiger partial charge in [-0.05, 0) is 31.1 Å². The monoisotopic (exact) mass is 863 g/mol. The maximum Gasteiger partial charge on any atom is 0.306 e. The normalized spacial score (nSPS) is 12.0. The maximum atomic E-state index is 12.8. The van der Waals surface area contributed by atoms with Crippen LogP contribution in [0.1, 0.15) is 304 Å². The molecule has 0 aromatic heterocycles. The summed E-state index contributed by atoms with van der Waals surface area (Å²) in [7, 11) is 0. The molecule has 0 aliphatic carbocycles. The molecule has 0 aromatic rings. The van der Waals surface area contributed by atoms with Crippen LogP contribution in [0, 0.1) is 11.8 Å². The first kappa shape index (κ1) is 59.4. The van der Waals surface area contributed by atoms with Crippen molar-refractivity contribution in [3.8, 4) is 0 Å². The Labute approximate surface area is 380 Å². The van der Waals surface area contributed by atoms with Gasteiger partial charge in [0.05, 0.1) is 0 Å². The lowest BCUT2D eigenvalue weighted by molar-refractivity contribution is -0.167. The minimum atomic E-state index is -0.762. The van der Waals surface area contributed by atoms with Gasteiger partial charge in [0.25, 0.3) is 0 Å². The van der Waals surface area contributed by atoms with Crippen LogP contribution in [-0.4, -0.2) is 37.2 Å². The van der Waals surface area contributed by atoms with Gasteiger partial charge in [-0.25, -0.2) is 0 Å². The zero-order chi connectivity index (χ0) is 44.7. The van der Waals surface area contributed by atoms with Crippen LogP contribution in [0.25, 0.3) is 0 Å². The third-order valence-electron chi connectivity index (χ3n) is 12.5. The van der Waals surface area contributed by atoms with Crippen LogP contribution < -0.4 is 0 Å². The molecule has 0 unspecified atom stereocenters. The Kier molecular flexibility index (Phi) is 46.6. The Morgan fingerprint density at radius 2 is 0.541 bits per heavy atom. The molecule has 0 radical (unpaired) electrons. The molecule has 0 saturated carbocycles. The van der Waals surface area contributed by atoms with E-state index in [0.29, 0.717) is 19.3 Å². The summed E-state index contributed by atoms with van der Waals surface area (Å²) < 4.78 is 16.8. The number of rotatable bonds is 49. The number of unbranched alkanes of at least 4 members (excludes halogenated alkanes) is 34. The van der Waals surface area contributed by atoms with Crippen LogP contribution in [-0.2, 0) is 28.6 Å². The number of esters is 3.